The van der Waals surface area contributed by atoms with E-state index < -0.39 is 10.0 Å². The molecule has 164 valence electrons. The Morgan fingerprint density at radius 3 is 2.19 bits per heavy atom. The average Bonchev–Trinajstić information content (AvgIpc) is 2.82. The summed E-state index contributed by atoms with van der Waals surface area (Å²) in [6.45, 7) is 2.54. The largest absolute Gasteiger partial charge is 0.337 e. The van der Waals surface area contributed by atoms with Gasteiger partial charge in [-0.3, -0.25) is 9.59 Å². The molecular weight excluding hydrogens is 424 g/mol. The normalized spacial score (nSPS) is 15.3. The first-order chi connectivity index (χ1) is 15.4. The van der Waals surface area contributed by atoms with Gasteiger partial charge in [-0.25, -0.2) is 8.42 Å². The van der Waals surface area contributed by atoms with Gasteiger partial charge in [0.2, 0.25) is 15.9 Å². The Bertz CT molecular complexity index is 1280. The summed E-state index contributed by atoms with van der Waals surface area (Å²) >= 11 is 0. The molecule has 0 atom stereocenters. The summed E-state index contributed by atoms with van der Waals surface area (Å²) in [5, 5.41) is 2.18. The van der Waals surface area contributed by atoms with Gasteiger partial charge < -0.3 is 4.90 Å². The average molecular weight is 449 g/mol. The highest BCUT2D eigenvalue weighted by atomic mass is 32.2. The van der Waals surface area contributed by atoms with Crippen LogP contribution in [0.25, 0.3) is 16.8 Å². The minimum Gasteiger partial charge on any atom is -0.337 e. The number of ketones is 1. The van der Waals surface area contributed by atoms with Crippen LogP contribution in [0.5, 0.6) is 0 Å². The molecule has 3 aromatic rings. The number of hydrogen-bond acceptors (Lipinski definition) is 4. The van der Waals surface area contributed by atoms with Gasteiger partial charge in [-0.1, -0.05) is 54.6 Å². The first-order valence-electron chi connectivity index (χ1n) is 10.4. The van der Waals surface area contributed by atoms with Crippen molar-refractivity contribution in [3.8, 4) is 0 Å². The van der Waals surface area contributed by atoms with Crippen LogP contribution in [-0.4, -0.2) is 55.5 Å². The van der Waals surface area contributed by atoms with Gasteiger partial charge in [-0.2, -0.15) is 4.31 Å². The molecule has 0 saturated carbocycles. The van der Waals surface area contributed by atoms with Crippen molar-refractivity contribution >= 4 is 38.6 Å². The van der Waals surface area contributed by atoms with E-state index in [1.807, 2.05) is 48.5 Å². The molecule has 0 bridgehead atoms. The van der Waals surface area contributed by atoms with E-state index in [1.165, 1.54) is 35.5 Å². The van der Waals surface area contributed by atoms with Crippen LogP contribution in [0.15, 0.2) is 77.7 Å². The maximum Gasteiger partial charge on any atom is 0.246 e. The van der Waals surface area contributed by atoms with Gasteiger partial charge in [0.15, 0.2) is 5.78 Å². The Labute approximate surface area is 187 Å². The Morgan fingerprint density at radius 2 is 1.50 bits per heavy atom. The summed E-state index contributed by atoms with van der Waals surface area (Å²) in [5.74, 6) is -0.251. The van der Waals surface area contributed by atoms with Crippen LogP contribution in [0, 0.1) is 0 Å². The Hall–Kier alpha value is -3.29. The molecule has 32 heavy (non-hydrogen) atoms. The van der Waals surface area contributed by atoms with E-state index in [2.05, 4.69) is 0 Å². The lowest BCUT2D eigenvalue weighted by atomic mass is 10.0. The lowest BCUT2D eigenvalue weighted by Gasteiger charge is -2.33. The van der Waals surface area contributed by atoms with E-state index in [4.69, 9.17) is 0 Å². The van der Waals surface area contributed by atoms with Gasteiger partial charge in [0.25, 0.3) is 0 Å². The fraction of sp³-hybridized carbons (Fsp3) is 0.200. The summed E-state index contributed by atoms with van der Waals surface area (Å²) < 4.78 is 27.2. The summed E-state index contributed by atoms with van der Waals surface area (Å²) in [6.07, 6.45) is 3.36. The number of piperazine rings is 1. The van der Waals surface area contributed by atoms with Crippen molar-refractivity contribution in [2.24, 2.45) is 0 Å². The lowest BCUT2D eigenvalue weighted by molar-refractivity contribution is -0.127. The Kier molecular flexibility index (Phi) is 6.21. The SMILES string of the molecule is CC(=O)c1ccc(S(=O)(=O)N2CCN(C(=O)/C=C/c3cccc4ccccc34)CC2)cc1. The van der Waals surface area contributed by atoms with Crippen LogP contribution >= 0.6 is 0 Å². The van der Waals surface area contributed by atoms with Gasteiger partial charge in [0, 0.05) is 37.8 Å². The van der Waals surface area contributed by atoms with E-state index in [1.54, 1.807) is 11.0 Å². The van der Waals surface area contributed by atoms with Crippen molar-refractivity contribution in [2.75, 3.05) is 26.2 Å². The van der Waals surface area contributed by atoms with E-state index in [9.17, 15) is 18.0 Å². The zero-order valence-electron chi connectivity index (χ0n) is 17.8. The Morgan fingerprint density at radius 1 is 0.844 bits per heavy atom. The van der Waals surface area contributed by atoms with Crippen LogP contribution in [0.1, 0.15) is 22.8 Å². The molecule has 1 aliphatic heterocycles. The van der Waals surface area contributed by atoms with Crippen molar-refractivity contribution in [3.05, 3.63) is 83.9 Å². The molecule has 1 fully saturated rings. The summed E-state index contributed by atoms with van der Waals surface area (Å²) in [4.78, 5) is 25.9. The molecular formula is C25H24N2O4S. The topological polar surface area (TPSA) is 74.8 Å². The monoisotopic (exact) mass is 448 g/mol. The summed E-state index contributed by atoms with van der Waals surface area (Å²) in [7, 11) is -3.67. The highest BCUT2D eigenvalue weighted by Crippen LogP contribution is 2.21. The molecule has 1 heterocycles. The van der Waals surface area contributed by atoms with Crippen molar-refractivity contribution in [3.63, 3.8) is 0 Å². The molecule has 0 unspecified atom stereocenters. The van der Waals surface area contributed by atoms with E-state index in [0.29, 0.717) is 18.7 Å². The molecule has 4 rings (SSSR count). The minimum absolute atomic E-state index is 0.113. The quantitative estimate of drug-likeness (QED) is 0.442. The van der Waals surface area contributed by atoms with E-state index >= 15 is 0 Å². The fourth-order valence-corrected chi connectivity index (χ4v) is 5.24. The highest BCUT2D eigenvalue weighted by Gasteiger charge is 2.29. The lowest BCUT2D eigenvalue weighted by Crippen LogP contribution is -2.50. The number of carbonyl (C=O) groups is 2. The molecule has 7 heteroatoms. The third-order valence-corrected chi connectivity index (χ3v) is 7.59. The second-order valence-electron chi connectivity index (χ2n) is 7.71. The van der Waals surface area contributed by atoms with Gasteiger partial charge >= 0.3 is 0 Å². The van der Waals surface area contributed by atoms with Gasteiger partial charge in [-0.05, 0) is 41.5 Å². The van der Waals surface area contributed by atoms with Crippen LogP contribution in [0.3, 0.4) is 0 Å². The van der Waals surface area contributed by atoms with Gasteiger partial charge in [-0.15, -0.1) is 0 Å². The maximum atomic E-state index is 12.9. The Balaban J connectivity index is 1.41. The van der Waals surface area contributed by atoms with Gasteiger partial charge in [0.1, 0.15) is 0 Å². The zero-order valence-corrected chi connectivity index (χ0v) is 18.6. The molecule has 0 radical (unpaired) electrons. The molecule has 1 aliphatic rings. The predicted molar refractivity (Wildman–Crippen MR) is 125 cm³/mol. The number of sulfonamides is 1. The first kappa shape index (κ1) is 21.9. The molecule has 0 spiro atoms. The third kappa shape index (κ3) is 4.49. The number of fused-ring (bicyclic) bond motifs is 1. The molecule has 0 N–H and O–H groups in total. The number of nitrogens with zero attached hydrogens (tertiary/aromatic N) is 2. The number of hydrogen-bond donors (Lipinski definition) is 0. The first-order valence-corrected chi connectivity index (χ1v) is 11.9. The second kappa shape index (κ2) is 9.06. The van der Waals surface area contributed by atoms with Crippen LogP contribution in [-0.2, 0) is 14.8 Å². The maximum absolute atomic E-state index is 12.9. The minimum atomic E-state index is -3.67. The molecule has 1 saturated heterocycles. The van der Waals surface area contributed by atoms with Crippen LogP contribution in [0.4, 0.5) is 0 Å². The van der Waals surface area contributed by atoms with Crippen molar-refractivity contribution in [2.45, 2.75) is 11.8 Å². The van der Waals surface area contributed by atoms with Crippen molar-refractivity contribution < 1.29 is 18.0 Å². The van der Waals surface area contributed by atoms with Crippen LogP contribution in [0.2, 0.25) is 0 Å². The highest BCUT2D eigenvalue weighted by molar-refractivity contribution is 7.89. The van der Waals surface area contributed by atoms with Crippen LogP contribution < -0.4 is 0 Å². The molecule has 0 aliphatic carbocycles. The smallest absolute Gasteiger partial charge is 0.246 e. The zero-order chi connectivity index (χ0) is 22.7. The molecule has 3 aromatic carbocycles. The number of amides is 1. The molecule has 0 aromatic heterocycles. The number of carbonyl (C=O) groups excluding carboxylic acids is 2. The third-order valence-electron chi connectivity index (χ3n) is 5.68. The van der Waals surface area contributed by atoms with Crippen molar-refractivity contribution in [1.29, 1.82) is 0 Å². The number of Topliss-reactive ketones (excluding diaryl/α,β-unsaturated/α-hetero) is 1. The summed E-state index contributed by atoms with van der Waals surface area (Å²) in [5.41, 5.74) is 1.43. The molecule has 6 nitrogen and oxygen atoms in total. The van der Waals surface area contributed by atoms with Crippen molar-refractivity contribution in [1.82, 2.24) is 9.21 Å². The summed E-state index contributed by atoms with van der Waals surface area (Å²) in [6, 6.07) is 19.9. The number of rotatable bonds is 5. The second-order valence-corrected chi connectivity index (χ2v) is 9.65. The standard InChI is InChI=1S/C25H24N2O4S/c1-19(28)20-9-12-23(13-10-20)32(30,31)27-17-15-26(16-18-27)25(29)14-11-22-7-4-6-21-5-2-3-8-24(21)22/h2-14H,15-18H2,1H3/b14-11+. The van der Waals surface area contributed by atoms with E-state index in [-0.39, 0.29) is 29.7 Å². The van der Waals surface area contributed by atoms with Gasteiger partial charge in [0.05, 0.1) is 4.90 Å². The molecule has 1 amide bonds. The predicted octanol–water partition coefficient (Wildman–Crippen LogP) is 3.59. The fourth-order valence-electron chi connectivity index (χ4n) is 3.82. The van der Waals surface area contributed by atoms with E-state index in [0.717, 1.165) is 16.3 Å². The number of benzene rings is 3.